The van der Waals surface area contributed by atoms with Crippen LogP contribution in [0.5, 0.6) is 5.75 Å². The van der Waals surface area contributed by atoms with Crippen molar-refractivity contribution in [1.29, 1.82) is 0 Å². The Morgan fingerprint density at radius 1 is 1.20 bits per heavy atom. The van der Waals surface area contributed by atoms with Gasteiger partial charge in [0.2, 0.25) is 5.78 Å². The first kappa shape index (κ1) is 20.1. The van der Waals surface area contributed by atoms with Crippen LogP contribution in [0.1, 0.15) is 22.3 Å². The van der Waals surface area contributed by atoms with E-state index in [0.29, 0.717) is 12.0 Å². The lowest BCUT2D eigenvalue weighted by Crippen LogP contribution is -2.63. The van der Waals surface area contributed by atoms with Gasteiger partial charge in [-0.1, -0.05) is 12.1 Å². The van der Waals surface area contributed by atoms with Gasteiger partial charge in [0.15, 0.2) is 11.4 Å². The maximum atomic E-state index is 13.1. The topological polar surface area (TPSA) is 161 Å². The van der Waals surface area contributed by atoms with Gasteiger partial charge in [-0.15, -0.1) is 0 Å². The molecule has 3 aliphatic carbocycles. The summed E-state index contributed by atoms with van der Waals surface area (Å²) in [5.74, 6) is -6.42. The number of ketones is 2. The number of allylic oxidation sites excluding steroid dienone is 1. The van der Waals surface area contributed by atoms with Gasteiger partial charge in [0, 0.05) is 11.5 Å². The van der Waals surface area contributed by atoms with Crippen molar-refractivity contribution in [3.63, 3.8) is 0 Å². The summed E-state index contributed by atoms with van der Waals surface area (Å²) in [5.41, 5.74) is 2.31. The molecule has 6 N–H and O–H groups in total. The van der Waals surface area contributed by atoms with Crippen LogP contribution in [0.2, 0.25) is 0 Å². The summed E-state index contributed by atoms with van der Waals surface area (Å²) in [6, 6.07) is 3.66. The number of phenols is 1. The molecule has 2 unspecified atom stereocenters. The largest absolute Gasteiger partial charge is 0.510 e. The number of aromatic hydroxyl groups is 1. The Morgan fingerprint density at radius 3 is 2.47 bits per heavy atom. The van der Waals surface area contributed by atoms with E-state index < -0.39 is 58.0 Å². The number of aliphatic hydroxyl groups is 3. The number of hydrogen-bond acceptors (Lipinski definition) is 8. The average Bonchev–Trinajstić information content (AvgIpc) is 2.64. The molecule has 1 aromatic rings. The number of nitrogens with two attached hydrogens (primary N) is 1. The van der Waals surface area contributed by atoms with E-state index in [1.165, 1.54) is 11.0 Å². The van der Waals surface area contributed by atoms with Crippen molar-refractivity contribution in [1.82, 2.24) is 4.90 Å². The van der Waals surface area contributed by atoms with E-state index in [0.717, 1.165) is 0 Å². The average molecular weight is 414 g/mol. The number of primary amides is 1. The highest BCUT2D eigenvalue weighted by atomic mass is 16.3. The molecule has 4 atom stereocenters. The normalized spacial score (nSPS) is 30.9. The zero-order valence-electron chi connectivity index (χ0n) is 16.4. The van der Waals surface area contributed by atoms with Gasteiger partial charge in [-0.05, 0) is 44.5 Å². The second kappa shape index (κ2) is 6.41. The van der Waals surface area contributed by atoms with E-state index in [2.05, 4.69) is 0 Å². The number of Topliss-reactive ketones (excluding diaryl/α,β-unsaturated/α-hetero) is 2. The van der Waals surface area contributed by atoms with Gasteiger partial charge >= 0.3 is 0 Å². The van der Waals surface area contributed by atoms with E-state index in [4.69, 9.17) is 5.73 Å². The summed E-state index contributed by atoms with van der Waals surface area (Å²) in [6.45, 7) is 0. The molecule has 0 aromatic heterocycles. The van der Waals surface area contributed by atoms with E-state index in [1.807, 2.05) is 0 Å². The molecule has 0 aliphatic heterocycles. The van der Waals surface area contributed by atoms with Crippen LogP contribution >= 0.6 is 0 Å². The zero-order valence-corrected chi connectivity index (χ0v) is 16.4. The molecule has 9 nitrogen and oxygen atoms in total. The molecule has 0 spiro atoms. The predicted molar refractivity (Wildman–Crippen MR) is 104 cm³/mol. The zero-order chi connectivity index (χ0) is 22.1. The number of nitrogens with zero attached hydrogens (tertiary/aromatic N) is 1. The molecule has 3 aliphatic rings. The Balaban J connectivity index is 1.97. The fraction of sp³-hybridized carbons (Fsp3) is 0.381. The first-order valence-electron chi connectivity index (χ1n) is 9.47. The van der Waals surface area contributed by atoms with Crippen molar-refractivity contribution < 1.29 is 34.8 Å². The number of fused-ring (bicyclic) bond motifs is 3. The van der Waals surface area contributed by atoms with Crippen LogP contribution < -0.4 is 5.73 Å². The Kier molecular flexibility index (Phi) is 4.30. The number of carbonyl (C=O) groups excluding carboxylic acids is 3. The van der Waals surface area contributed by atoms with Crippen molar-refractivity contribution in [2.24, 2.45) is 17.6 Å². The molecule has 0 heterocycles. The highest BCUT2D eigenvalue weighted by Gasteiger charge is 2.63. The summed E-state index contributed by atoms with van der Waals surface area (Å²) in [5, 5.41) is 43.2. The lowest BCUT2D eigenvalue weighted by Gasteiger charge is -2.50. The van der Waals surface area contributed by atoms with Crippen molar-refractivity contribution in [2.75, 3.05) is 14.1 Å². The van der Waals surface area contributed by atoms with Gasteiger partial charge < -0.3 is 26.2 Å². The molecule has 4 rings (SSSR count). The fourth-order valence-corrected chi connectivity index (χ4v) is 5.19. The molecule has 158 valence electrons. The summed E-state index contributed by atoms with van der Waals surface area (Å²) >= 11 is 0. The Labute approximate surface area is 171 Å². The van der Waals surface area contributed by atoms with Crippen LogP contribution in [0.15, 0.2) is 40.9 Å². The number of rotatable bonds is 2. The molecular formula is C21H22N2O7. The van der Waals surface area contributed by atoms with E-state index in [-0.39, 0.29) is 23.3 Å². The van der Waals surface area contributed by atoms with Crippen molar-refractivity contribution in [3.8, 4) is 5.75 Å². The minimum Gasteiger partial charge on any atom is -0.510 e. The Hall–Kier alpha value is -3.17. The maximum Gasteiger partial charge on any atom is 0.255 e. The molecule has 0 bridgehead atoms. The highest BCUT2D eigenvalue weighted by Crippen LogP contribution is 2.52. The molecule has 0 saturated carbocycles. The van der Waals surface area contributed by atoms with Gasteiger partial charge in [-0.2, -0.15) is 0 Å². The van der Waals surface area contributed by atoms with Crippen LogP contribution in [0.4, 0.5) is 0 Å². The quantitative estimate of drug-likeness (QED) is 0.426. The SMILES string of the molecule is CN(C)[C@@H]1C(O)=C(C(N)=O)C(=O)[C@@]2(O)C(O)=C3C(=O)c4c(O)cccc4CC3CC12. The number of benzene rings is 1. The number of aliphatic hydroxyl groups excluding tert-OH is 2. The van der Waals surface area contributed by atoms with Crippen LogP contribution in [0.25, 0.3) is 0 Å². The predicted octanol–water partition coefficient (Wildman–Crippen LogP) is 0.121. The molecule has 0 radical (unpaired) electrons. The summed E-state index contributed by atoms with van der Waals surface area (Å²) in [4.78, 5) is 39.6. The second-order valence-electron chi connectivity index (χ2n) is 8.27. The van der Waals surface area contributed by atoms with Gasteiger partial charge in [0.25, 0.3) is 5.91 Å². The van der Waals surface area contributed by atoms with Crippen LogP contribution in [-0.2, 0) is 16.0 Å². The number of amides is 1. The minimum absolute atomic E-state index is 0.0123. The van der Waals surface area contributed by atoms with E-state index in [1.54, 1.807) is 26.2 Å². The van der Waals surface area contributed by atoms with Crippen LogP contribution in [-0.4, -0.2) is 68.5 Å². The first-order chi connectivity index (χ1) is 14.0. The molecule has 0 saturated heterocycles. The van der Waals surface area contributed by atoms with Crippen LogP contribution in [0.3, 0.4) is 0 Å². The third-order valence-corrected chi connectivity index (χ3v) is 6.46. The van der Waals surface area contributed by atoms with Crippen LogP contribution in [0, 0.1) is 11.8 Å². The molecule has 1 amide bonds. The molecule has 30 heavy (non-hydrogen) atoms. The van der Waals surface area contributed by atoms with Gasteiger partial charge in [0.1, 0.15) is 22.8 Å². The van der Waals surface area contributed by atoms with Gasteiger partial charge in [0.05, 0.1) is 11.6 Å². The monoisotopic (exact) mass is 414 g/mol. The Bertz CT molecular complexity index is 1070. The Morgan fingerprint density at radius 2 is 1.87 bits per heavy atom. The maximum absolute atomic E-state index is 13.1. The molecular weight excluding hydrogens is 392 g/mol. The standard InChI is InChI=1S/C21H22N2O7/c1-23(2)15-10-7-9-6-8-4-3-5-11(24)12(8)16(25)13(9)18(27)21(10,30)19(28)14(17(15)26)20(22)29/h3-5,9-10,15,24,26-27,30H,6-7H2,1-2H3,(H2,22,29)/t9?,10?,15-,21-/m0/s1. The van der Waals surface area contributed by atoms with Crippen molar-refractivity contribution in [3.05, 3.63) is 52.0 Å². The summed E-state index contributed by atoms with van der Waals surface area (Å²) in [7, 11) is 3.18. The lowest BCUT2D eigenvalue weighted by atomic mass is 9.58. The third kappa shape index (κ3) is 2.39. The first-order valence-corrected chi connectivity index (χ1v) is 9.47. The lowest BCUT2D eigenvalue weighted by molar-refractivity contribution is -0.148. The molecule has 0 fully saturated rings. The molecule has 1 aromatic carbocycles. The number of carbonyl (C=O) groups is 3. The molecule has 9 heteroatoms. The van der Waals surface area contributed by atoms with Gasteiger partial charge in [-0.3, -0.25) is 19.3 Å². The smallest absolute Gasteiger partial charge is 0.255 e. The highest BCUT2D eigenvalue weighted by molar-refractivity contribution is 6.24. The second-order valence-corrected chi connectivity index (χ2v) is 8.27. The van der Waals surface area contributed by atoms with E-state index in [9.17, 15) is 34.8 Å². The van der Waals surface area contributed by atoms with Crippen molar-refractivity contribution in [2.45, 2.75) is 24.5 Å². The fourth-order valence-electron chi connectivity index (χ4n) is 5.19. The summed E-state index contributed by atoms with van der Waals surface area (Å²) < 4.78 is 0. The van der Waals surface area contributed by atoms with E-state index >= 15 is 0 Å². The minimum atomic E-state index is -2.60. The van der Waals surface area contributed by atoms with Gasteiger partial charge in [-0.25, -0.2) is 0 Å². The number of hydrogen-bond donors (Lipinski definition) is 5. The van der Waals surface area contributed by atoms with Crippen molar-refractivity contribution >= 4 is 17.5 Å². The number of phenolic OH excluding ortho intramolecular Hbond substituents is 1. The summed E-state index contributed by atoms with van der Waals surface area (Å²) in [6.07, 6.45) is 0.379. The number of likely N-dealkylation sites (N-methyl/N-ethyl adjacent to an activating group) is 1. The third-order valence-electron chi connectivity index (χ3n) is 6.46.